The van der Waals surface area contributed by atoms with Gasteiger partial charge in [-0.05, 0) is 56.3 Å². The highest BCUT2D eigenvalue weighted by Gasteiger charge is 2.27. The Hall–Kier alpha value is -2.97. The number of rotatable bonds is 3. The molecule has 0 aliphatic carbocycles. The van der Waals surface area contributed by atoms with Gasteiger partial charge >= 0.3 is 0 Å². The first-order chi connectivity index (χ1) is 15.7. The summed E-state index contributed by atoms with van der Waals surface area (Å²) in [5, 5.41) is 2.74. The van der Waals surface area contributed by atoms with Gasteiger partial charge in [0.25, 0.3) is 11.8 Å². The van der Waals surface area contributed by atoms with Gasteiger partial charge in [0, 0.05) is 44.5 Å². The summed E-state index contributed by atoms with van der Waals surface area (Å²) < 4.78 is 25.2. The number of hydrogen-bond donors (Lipinski definition) is 1. The third kappa shape index (κ3) is 6.09. The molecule has 3 atom stereocenters. The lowest BCUT2D eigenvalue weighted by molar-refractivity contribution is 0.0150. The van der Waals surface area contributed by atoms with Crippen molar-refractivity contribution in [1.82, 2.24) is 9.80 Å². The zero-order valence-electron chi connectivity index (χ0n) is 19.8. The highest BCUT2D eigenvalue weighted by atomic mass is 19.1. The van der Waals surface area contributed by atoms with Crippen molar-refractivity contribution in [1.29, 1.82) is 0 Å². The molecule has 0 saturated heterocycles. The van der Waals surface area contributed by atoms with E-state index in [0.717, 1.165) is 12.6 Å². The average molecular weight is 458 g/mol. The lowest BCUT2D eigenvalue weighted by Crippen LogP contribution is -2.45. The summed E-state index contributed by atoms with van der Waals surface area (Å²) >= 11 is 0. The van der Waals surface area contributed by atoms with E-state index < -0.39 is 11.7 Å². The third-order valence-electron chi connectivity index (χ3n) is 6.10. The van der Waals surface area contributed by atoms with Crippen LogP contribution >= 0.6 is 0 Å². The molecule has 2 aromatic carbocycles. The van der Waals surface area contributed by atoms with E-state index in [2.05, 4.69) is 24.1 Å². The van der Waals surface area contributed by atoms with Crippen molar-refractivity contribution in [2.45, 2.75) is 26.0 Å². The Balaban J connectivity index is 1.91. The van der Waals surface area contributed by atoms with Crippen LogP contribution < -0.4 is 10.1 Å². The maximum atomic E-state index is 13.5. The molecular formula is C25H32FN3O4. The number of amides is 2. The van der Waals surface area contributed by atoms with E-state index in [9.17, 15) is 14.0 Å². The zero-order chi connectivity index (χ0) is 24.1. The number of halogens is 1. The maximum absolute atomic E-state index is 13.5. The monoisotopic (exact) mass is 457 g/mol. The molecule has 2 aromatic rings. The van der Waals surface area contributed by atoms with Crippen LogP contribution in [0.1, 0.15) is 34.6 Å². The zero-order valence-corrected chi connectivity index (χ0v) is 19.8. The van der Waals surface area contributed by atoms with Gasteiger partial charge in [-0.2, -0.15) is 0 Å². The van der Waals surface area contributed by atoms with Crippen molar-refractivity contribution in [3.63, 3.8) is 0 Å². The van der Waals surface area contributed by atoms with E-state index in [1.165, 1.54) is 18.2 Å². The maximum Gasteiger partial charge on any atom is 0.257 e. The third-order valence-corrected chi connectivity index (χ3v) is 6.10. The molecule has 33 heavy (non-hydrogen) atoms. The summed E-state index contributed by atoms with van der Waals surface area (Å²) in [6, 6.07) is 10.5. The van der Waals surface area contributed by atoms with E-state index in [4.69, 9.17) is 9.47 Å². The minimum Gasteiger partial charge on any atom is -0.491 e. The molecule has 0 fully saturated rings. The number of anilines is 1. The molecule has 0 bridgehead atoms. The van der Waals surface area contributed by atoms with Crippen molar-refractivity contribution in [3.05, 3.63) is 59.4 Å². The molecule has 1 heterocycles. The number of nitrogens with one attached hydrogen (secondary N) is 1. The fraction of sp³-hybridized carbons (Fsp3) is 0.440. The van der Waals surface area contributed by atoms with E-state index in [0.29, 0.717) is 30.2 Å². The highest BCUT2D eigenvalue weighted by molar-refractivity contribution is 6.05. The molecule has 0 unspecified atom stereocenters. The Kier molecular flexibility index (Phi) is 8.05. The number of hydrogen-bond acceptors (Lipinski definition) is 5. The Morgan fingerprint density at radius 2 is 1.91 bits per heavy atom. The SMILES string of the molecule is CO[C@@H]1CN(C)C(=O)c2cc(NC(=O)c3cccc(F)c3)ccc2OC[C@H](C)N(C)C[C@H]1C. The molecular weight excluding hydrogens is 425 g/mol. The summed E-state index contributed by atoms with van der Waals surface area (Å²) in [5.41, 5.74) is 0.950. The quantitative estimate of drug-likeness (QED) is 0.764. The predicted octanol–water partition coefficient (Wildman–Crippen LogP) is 3.51. The van der Waals surface area contributed by atoms with Crippen molar-refractivity contribution in [2.24, 2.45) is 5.92 Å². The fourth-order valence-corrected chi connectivity index (χ4v) is 3.87. The topological polar surface area (TPSA) is 71.1 Å². The van der Waals surface area contributed by atoms with Crippen LogP contribution in [0.2, 0.25) is 0 Å². The van der Waals surface area contributed by atoms with Gasteiger partial charge in [-0.3, -0.25) is 14.5 Å². The highest BCUT2D eigenvalue weighted by Crippen LogP contribution is 2.26. The molecule has 178 valence electrons. The Labute approximate surface area is 194 Å². The molecule has 0 saturated carbocycles. The number of carbonyl (C=O) groups excluding carboxylic acids is 2. The second-order valence-corrected chi connectivity index (χ2v) is 8.71. The minimum absolute atomic E-state index is 0.123. The molecule has 7 nitrogen and oxygen atoms in total. The number of methoxy groups -OCH3 is 1. The molecule has 1 aliphatic heterocycles. The molecule has 1 N–H and O–H groups in total. The van der Waals surface area contributed by atoms with Gasteiger partial charge < -0.3 is 19.7 Å². The summed E-state index contributed by atoms with van der Waals surface area (Å²) in [5.74, 6) is -0.547. The van der Waals surface area contributed by atoms with Crippen molar-refractivity contribution < 1.29 is 23.5 Å². The first-order valence-corrected chi connectivity index (χ1v) is 11.0. The largest absolute Gasteiger partial charge is 0.491 e. The standard InChI is InChI=1S/C25H32FN3O4/c1-16-13-28(3)17(2)15-33-22-10-9-20(27-24(30)18-7-6-8-19(26)11-18)12-21(22)25(31)29(4)14-23(16)32-5/h6-12,16-17,23H,13-15H2,1-5H3,(H,27,30)/t16-,17+,23-/m1/s1. The van der Waals surface area contributed by atoms with Crippen LogP contribution in [0, 0.1) is 11.7 Å². The van der Waals surface area contributed by atoms with E-state index in [1.54, 1.807) is 37.3 Å². The predicted molar refractivity (Wildman–Crippen MR) is 125 cm³/mol. The molecule has 2 amide bonds. The van der Waals surface area contributed by atoms with Crippen molar-refractivity contribution in [2.75, 3.05) is 46.2 Å². The first-order valence-electron chi connectivity index (χ1n) is 11.0. The minimum atomic E-state index is -0.494. The number of ether oxygens (including phenoxy) is 2. The summed E-state index contributed by atoms with van der Waals surface area (Å²) in [4.78, 5) is 29.7. The molecule has 1 aliphatic rings. The van der Waals surface area contributed by atoms with Gasteiger partial charge in [-0.15, -0.1) is 0 Å². The number of carbonyl (C=O) groups is 2. The molecule has 0 spiro atoms. The van der Waals surface area contributed by atoms with Gasteiger partial charge in [0.2, 0.25) is 0 Å². The second-order valence-electron chi connectivity index (χ2n) is 8.71. The van der Waals surface area contributed by atoms with E-state index in [1.807, 2.05) is 7.05 Å². The molecule has 0 aromatic heterocycles. The Bertz CT molecular complexity index is 999. The smallest absolute Gasteiger partial charge is 0.257 e. The van der Waals surface area contributed by atoms with Crippen LogP contribution in [0.5, 0.6) is 5.75 Å². The second kappa shape index (κ2) is 10.8. The van der Waals surface area contributed by atoms with E-state index >= 15 is 0 Å². The van der Waals surface area contributed by atoms with Crippen LogP contribution in [-0.2, 0) is 4.74 Å². The number of nitrogens with zero attached hydrogens (tertiary/aromatic N) is 2. The van der Waals surface area contributed by atoms with Gasteiger partial charge in [-0.1, -0.05) is 13.0 Å². The van der Waals surface area contributed by atoms with Gasteiger partial charge in [0.15, 0.2) is 0 Å². The molecule has 3 rings (SSSR count). The van der Waals surface area contributed by atoms with Gasteiger partial charge in [-0.25, -0.2) is 4.39 Å². The lowest BCUT2D eigenvalue weighted by atomic mass is 10.0. The number of benzene rings is 2. The van der Waals surface area contributed by atoms with Crippen LogP contribution in [0.15, 0.2) is 42.5 Å². The molecule has 8 heteroatoms. The first kappa shape index (κ1) is 24.7. The number of fused-ring (bicyclic) bond motifs is 1. The summed E-state index contributed by atoms with van der Waals surface area (Å²) in [6.07, 6.45) is -0.131. The van der Waals surface area contributed by atoms with Gasteiger partial charge in [0.1, 0.15) is 18.2 Å². The summed E-state index contributed by atoms with van der Waals surface area (Å²) in [7, 11) is 5.43. The Morgan fingerprint density at radius 3 is 2.61 bits per heavy atom. The normalized spacial score (nSPS) is 22.5. The average Bonchev–Trinajstić information content (AvgIpc) is 2.79. The van der Waals surface area contributed by atoms with Crippen molar-refractivity contribution in [3.8, 4) is 5.75 Å². The fourth-order valence-electron chi connectivity index (χ4n) is 3.87. The Morgan fingerprint density at radius 1 is 1.15 bits per heavy atom. The van der Waals surface area contributed by atoms with E-state index in [-0.39, 0.29) is 29.5 Å². The van der Waals surface area contributed by atoms with Gasteiger partial charge in [0.05, 0.1) is 11.7 Å². The van der Waals surface area contributed by atoms with Crippen molar-refractivity contribution >= 4 is 17.5 Å². The van der Waals surface area contributed by atoms with Crippen LogP contribution in [-0.4, -0.2) is 74.7 Å². The van der Waals surface area contributed by atoms with Crippen LogP contribution in [0.3, 0.4) is 0 Å². The van der Waals surface area contributed by atoms with Crippen LogP contribution in [0.4, 0.5) is 10.1 Å². The van der Waals surface area contributed by atoms with Crippen LogP contribution in [0.25, 0.3) is 0 Å². The lowest BCUT2D eigenvalue weighted by Gasteiger charge is -2.34. The molecule has 0 radical (unpaired) electrons. The number of likely N-dealkylation sites (N-methyl/N-ethyl adjacent to an activating group) is 2. The summed E-state index contributed by atoms with van der Waals surface area (Å²) in [6.45, 7) is 5.80.